The third-order valence-corrected chi connectivity index (χ3v) is 5.10. The Morgan fingerprint density at radius 1 is 1.22 bits per heavy atom. The molecule has 1 saturated heterocycles. The maximum atomic E-state index is 12.7. The number of ether oxygens (including phenoxy) is 1. The van der Waals surface area contributed by atoms with Gasteiger partial charge < -0.3 is 14.6 Å². The van der Waals surface area contributed by atoms with Crippen LogP contribution in [-0.4, -0.2) is 41.1 Å². The molecule has 3 rings (SSSR count). The number of rotatable bonds is 5. The highest BCUT2D eigenvalue weighted by Gasteiger charge is 2.40. The van der Waals surface area contributed by atoms with Crippen LogP contribution in [0.1, 0.15) is 27.1 Å². The van der Waals surface area contributed by atoms with Crippen molar-refractivity contribution >= 4 is 41.2 Å². The molecule has 0 N–H and O–H groups in total. The number of esters is 1. The first-order valence-corrected chi connectivity index (χ1v) is 8.68. The van der Waals surface area contributed by atoms with Gasteiger partial charge in [0.25, 0.3) is 0 Å². The molecule has 1 aliphatic rings. The van der Waals surface area contributed by atoms with Crippen molar-refractivity contribution in [2.75, 3.05) is 12.0 Å². The number of aromatic carboxylic acids is 1. The molecule has 1 atom stereocenters. The lowest BCUT2D eigenvalue weighted by molar-refractivity contribution is -0.255. The summed E-state index contributed by atoms with van der Waals surface area (Å²) >= 11 is 0.910. The fourth-order valence-corrected chi connectivity index (χ4v) is 3.71. The number of aromatic nitrogens is 1. The number of nitrogens with zero attached hydrogens (tertiary/aromatic N) is 2. The van der Waals surface area contributed by atoms with Crippen LogP contribution in [0.3, 0.4) is 0 Å². The molecule has 0 bridgehead atoms. The zero-order chi connectivity index (χ0) is 19.6. The largest absolute Gasteiger partial charge is 0.545 e. The number of hydrogen-bond acceptors (Lipinski definition) is 8. The SMILES string of the molecule is COC(=O)c1ccc(N2C(=O)C[C@@H](Sc3ncccc3C(=O)[O-])C2=O)cc1. The number of anilines is 1. The summed E-state index contributed by atoms with van der Waals surface area (Å²) in [5.74, 6) is -2.84. The van der Waals surface area contributed by atoms with Crippen LogP contribution in [0.2, 0.25) is 0 Å². The Kier molecular flexibility index (Phi) is 5.22. The lowest BCUT2D eigenvalue weighted by atomic mass is 10.2. The van der Waals surface area contributed by atoms with Crippen molar-refractivity contribution in [1.29, 1.82) is 0 Å². The van der Waals surface area contributed by atoms with Crippen LogP contribution in [0, 0.1) is 0 Å². The second kappa shape index (κ2) is 7.58. The molecular weight excluding hydrogens is 372 g/mol. The zero-order valence-electron chi connectivity index (χ0n) is 14.1. The van der Waals surface area contributed by atoms with E-state index in [1.807, 2.05) is 0 Å². The monoisotopic (exact) mass is 385 g/mol. The first kappa shape index (κ1) is 18.6. The number of amides is 2. The number of methoxy groups -OCH3 is 1. The highest BCUT2D eigenvalue weighted by molar-refractivity contribution is 8.00. The summed E-state index contributed by atoms with van der Waals surface area (Å²) in [5.41, 5.74) is 0.476. The molecule has 9 heteroatoms. The number of thioether (sulfide) groups is 1. The van der Waals surface area contributed by atoms with Gasteiger partial charge in [-0.25, -0.2) is 14.7 Å². The minimum Gasteiger partial charge on any atom is -0.545 e. The maximum Gasteiger partial charge on any atom is 0.337 e. The smallest absolute Gasteiger partial charge is 0.337 e. The van der Waals surface area contributed by atoms with Crippen molar-refractivity contribution in [3.63, 3.8) is 0 Å². The van der Waals surface area contributed by atoms with Crippen LogP contribution in [0.25, 0.3) is 0 Å². The molecule has 2 amide bonds. The molecule has 0 saturated carbocycles. The summed E-state index contributed by atoms with van der Waals surface area (Å²) in [6.07, 6.45) is 1.31. The van der Waals surface area contributed by atoms with E-state index in [1.165, 1.54) is 49.7 Å². The zero-order valence-corrected chi connectivity index (χ0v) is 14.9. The van der Waals surface area contributed by atoms with Crippen LogP contribution in [0.15, 0.2) is 47.6 Å². The van der Waals surface area contributed by atoms with Crippen LogP contribution in [0.5, 0.6) is 0 Å². The van der Waals surface area contributed by atoms with E-state index >= 15 is 0 Å². The van der Waals surface area contributed by atoms with Gasteiger partial charge in [-0.2, -0.15) is 0 Å². The Hall–Kier alpha value is -3.20. The molecule has 0 unspecified atom stereocenters. The molecule has 138 valence electrons. The van der Waals surface area contributed by atoms with E-state index in [4.69, 9.17) is 0 Å². The van der Waals surface area contributed by atoms with E-state index in [1.54, 1.807) is 0 Å². The summed E-state index contributed by atoms with van der Waals surface area (Å²) in [6.45, 7) is 0. The lowest BCUT2D eigenvalue weighted by Crippen LogP contribution is -2.31. The van der Waals surface area contributed by atoms with Gasteiger partial charge in [0.2, 0.25) is 11.8 Å². The molecule has 0 spiro atoms. The van der Waals surface area contributed by atoms with Gasteiger partial charge in [0.05, 0.1) is 29.6 Å². The van der Waals surface area contributed by atoms with E-state index in [9.17, 15) is 24.3 Å². The second-order valence-electron chi connectivity index (χ2n) is 5.56. The average molecular weight is 385 g/mol. The van der Waals surface area contributed by atoms with Gasteiger partial charge >= 0.3 is 5.97 Å². The van der Waals surface area contributed by atoms with Gasteiger partial charge in [0.15, 0.2) is 0 Å². The van der Waals surface area contributed by atoms with Crippen molar-refractivity contribution in [2.45, 2.75) is 16.7 Å². The molecular formula is C18H13N2O6S-. The number of hydrogen-bond donors (Lipinski definition) is 0. The first-order chi connectivity index (χ1) is 12.9. The van der Waals surface area contributed by atoms with Gasteiger partial charge in [-0.15, -0.1) is 0 Å². The van der Waals surface area contributed by atoms with Crippen LogP contribution in [0.4, 0.5) is 5.69 Å². The molecule has 27 heavy (non-hydrogen) atoms. The predicted octanol–water partition coefficient (Wildman–Crippen LogP) is 0.656. The summed E-state index contributed by atoms with van der Waals surface area (Å²) in [5, 5.41) is 10.5. The molecule has 1 aliphatic heterocycles. The van der Waals surface area contributed by atoms with Crippen molar-refractivity contribution in [3.8, 4) is 0 Å². The number of carbonyl (C=O) groups is 4. The Morgan fingerprint density at radius 3 is 2.56 bits per heavy atom. The quantitative estimate of drug-likeness (QED) is 0.544. The number of benzene rings is 1. The Balaban J connectivity index is 1.81. The highest BCUT2D eigenvalue weighted by atomic mass is 32.2. The number of carboxylic acids is 1. The van der Waals surface area contributed by atoms with E-state index in [0.29, 0.717) is 11.3 Å². The lowest BCUT2D eigenvalue weighted by Gasteiger charge is -2.15. The average Bonchev–Trinajstić information content (AvgIpc) is 2.95. The van der Waals surface area contributed by atoms with E-state index in [2.05, 4.69) is 9.72 Å². The van der Waals surface area contributed by atoms with Crippen LogP contribution >= 0.6 is 11.8 Å². The van der Waals surface area contributed by atoms with E-state index < -0.39 is 29.0 Å². The van der Waals surface area contributed by atoms with Gasteiger partial charge in [-0.3, -0.25) is 9.59 Å². The second-order valence-corrected chi connectivity index (χ2v) is 6.75. The summed E-state index contributed by atoms with van der Waals surface area (Å²) in [6, 6.07) is 8.64. The van der Waals surface area contributed by atoms with E-state index in [0.717, 1.165) is 16.7 Å². The topological polar surface area (TPSA) is 117 Å². The molecule has 1 fully saturated rings. The van der Waals surface area contributed by atoms with E-state index in [-0.39, 0.29) is 17.0 Å². The van der Waals surface area contributed by atoms with Gasteiger partial charge in [0.1, 0.15) is 5.03 Å². The summed E-state index contributed by atoms with van der Waals surface area (Å²) in [4.78, 5) is 52.7. The molecule has 8 nitrogen and oxygen atoms in total. The van der Waals surface area contributed by atoms with Crippen molar-refractivity contribution in [1.82, 2.24) is 4.98 Å². The molecule has 2 heterocycles. The Bertz CT molecular complexity index is 928. The standard InChI is InChI=1S/C18H14N2O6S/c1-26-18(25)10-4-6-11(7-5-10)20-14(21)9-13(16(20)22)27-15-12(17(23)24)3-2-8-19-15/h2-8,13H,9H2,1H3,(H,23,24)/p-1/t13-/m1/s1. The minimum atomic E-state index is -1.40. The predicted molar refractivity (Wildman–Crippen MR) is 93.1 cm³/mol. The normalized spacial score (nSPS) is 16.5. The number of carbonyl (C=O) groups excluding carboxylic acids is 4. The van der Waals surface area contributed by atoms with Crippen molar-refractivity contribution in [3.05, 3.63) is 53.7 Å². The van der Waals surface area contributed by atoms with Gasteiger partial charge in [-0.05, 0) is 36.4 Å². The van der Waals surface area contributed by atoms with Crippen LogP contribution < -0.4 is 10.0 Å². The number of carboxylic acid groups (broad SMARTS) is 1. The molecule has 0 radical (unpaired) electrons. The summed E-state index contributed by atoms with van der Waals surface area (Å²) in [7, 11) is 1.25. The fourth-order valence-electron chi connectivity index (χ4n) is 2.61. The first-order valence-electron chi connectivity index (χ1n) is 7.80. The maximum absolute atomic E-state index is 12.7. The van der Waals surface area contributed by atoms with Gasteiger partial charge in [-0.1, -0.05) is 11.8 Å². The third-order valence-electron chi connectivity index (χ3n) is 3.90. The van der Waals surface area contributed by atoms with Crippen LogP contribution in [-0.2, 0) is 14.3 Å². The van der Waals surface area contributed by atoms with Crippen molar-refractivity contribution < 1.29 is 29.0 Å². The summed E-state index contributed by atoms with van der Waals surface area (Å²) < 4.78 is 4.61. The highest BCUT2D eigenvalue weighted by Crippen LogP contribution is 2.34. The van der Waals surface area contributed by atoms with Crippen molar-refractivity contribution in [2.24, 2.45) is 0 Å². The Labute approximate surface area is 158 Å². The third kappa shape index (κ3) is 3.68. The fraction of sp³-hybridized carbons (Fsp3) is 0.167. The Morgan fingerprint density at radius 2 is 1.93 bits per heavy atom. The number of pyridine rings is 1. The minimum absolute atomic E-state index is 0.0919. The molecule has 0 aliphatic carbocycles. The molecule has 1 aromatic heterocycles. The van der Waals surface area contributed by atoms with Gasteiger partial charge in [0, 0.05) is 18.2 Å². The molecule has 1 aromatic carbocycles. The number of imide groups is 1. The molecule has 2 aromatic rings.